The van der Waals surface area contributed by atoms with Gasteiger partial charge in [-0.15, -0.1) is 0 Å². The van der Waals surface area contributed by atoms with E-state index in [0.717, 1.165) is 18.2 Å². The number of aryl methyl sites for hydroxylation is 1. The van der Waals surface area contributed by atoms with Crippen LogP contribution in [-0.2, 0) is 23.2 Å². The predicted octanol–water partition coefficient (Wildman–Crippen LogP) is 2.24. The predicted molar refractivity (Wildman–Crippen MR) is 65.5 cm³/mol. The van der Waals surface area contributed by atoms with Crippen molar-refractivity contribution in [1.82, 2.24) is 9.55 Å². The number of nitrogens with zero attached hydrogens (tertiary/aromatic N) is 2. The summed E-state index contributed by atoms with van der Waals surface area (Å²) in [6, 6.07) is 3.94. The summed E-state index contributed by atoms with van der Waals surface area (Å²) >= 11 is 0. The van der Waals surface area contributed by atoms with E-state index in [-0.39, 0.29) is 10.7 Å². The number of rotatable bonds is 3. The van der Waals surface area contributed by atoms with Crippen molar-refractivity contribution >= 4 is 15.7 Å². The second-order valence-electron chi connectivity index (χ2n) is 4.06. The molecule has 1 heterocycles. The van der Waals surface area contributed by atoms with Gasteiger partial charge < -0.3 is 4.57 Å². The van der Waals surface area contributed by atoms with Crippen LogP contribution in [0.3, 0.4) is 0 Å². The van der Waals surface area contributed by atoms with Crippen molar-refractivity contribution in [2.45, 2.75) is 11.2 Å². The summed E-state index contributed by atoms with van der Waals surface area (Å²) in [5, 5.41) is -0.266. The monoisotopic (exact) mass is 305 g/mol. The van der Waals surface area contributed by atoms with E-state index in [9.17, 15) is 21.6 Å². The summed E-state index contributed by atoms with van der Waals surface area (Å²) in [5.74, 6) is 0. The van der Waals surface area contributed by atoms with E-state index in [1.807, 2.05) is 0 Å². The third kappa shape index (κ3) is 3.10. The van der Waals surface area contributed by atoms with Crippen molar-refractivity contribution < 1.29 is 21.6 Å². The highest BCUT2D eigenvalue weighted by Crippen LogP contribution is 2.31. The topological polar surface area (TPSA) is 64.0 Å². The minimum absolute atomic E-state index is 0.175. The third-order valence-corrected chi connectivity index (χ3v) is 3.66. The fraction of sp³-hybridized carbons (Fsp3) is 0.182. The van der Waals surface area contributed by atoms with E-state index in [0.29, 0.717) is 0 Å². The van der Waals surface area contributed by atoms with E-state index < -0.39 is 21.8 Å². The smallest absolute Gasteiger partial charge is 0.339 e. The SMILES string of the molecule is Cn1cnc(S(=O)(=O)Nc2cccc(C(F)(F)F)c2)c1. The first-order valence-corrected chi connectivity index (χ1v) is 6.85. The normalized spacial score (nSPS) is 12.4. The van der Waals surface area contributed by atoms with Crippen molar-refractivity contribution in [2.75, 3.05) is 4.72 Å². The molecule has 0 unspecified atom stereocenters. The molecule has 20 heavy (non-hydrogen) atoms. The molecule has 0 aliphatic heterocycles. The molecule has 0 fully saturated rings. The molecular formula is C11H10F3N3O2S. The molecule has 0 spiro atoms. The molecule has 0 aliphatic rings. The number of imidazole rings is 1. The summed E-state index contributed by atoms with van der Waals surface area (Å²) in [4.78, 5) is 3.65. The molecule has 0 amide bonds. The van der Waals surface area contributed by atoms with E-state index in [1.165, 1.54) is 23.2 Å². The number of hydrogen-bond donors (Lipinski definition) is 1. The first-order valence-electron chi connectivity index (χ1n) is 5.36. The molecule has 5 nitrogen and oxygen atoms in total. The maximum atomic E-state index is 12.5. The van der Waals surface area contributed by atoms with E-state index in [2.05, 4.69) is 9.71 Å². The average molecular weight is 305 g/mol. The second-order valence-corrected chi connectivity index (χ2v) is 5.69. The third-order valence-electron chi connectivity index (χ3n) is 2.40. The number of hydrogen-bond acceptors (Lipinski definition) is 3. The Morgan fingerprint density at radius 2 is 2.00 bits per heavy atom. The molecule has 0 aliphatic carbocycles. The Balaban J connectivity index is 2.31. The van der Waals surface area contributed by atoms with Crippen molar-refractivity contribution in [3.8, 4) is 0 Å². The average Bonchev–Trinajstić information content (AvgIpc) is 2.75. The van der Waals surface area contributed by atoms with Crippen LogP contribution in [0.5, 0.6) is 0 Å². The van der Waals surface area contributed by atoms with Crippen LogP contribution in [0.15, 0.2) is 41.8 Å². The summed E-state index contributed by atoms with van der Waals surface area (Å²) in [6.45, 7) is 0. The van der Waals surface area contributed by atoms with Crippen LogP contribution in [0.2, 0.25) is 0 Å². The van der Waals surface area contributed by atoms with E-state index >= 15 is 0 Å². The van der Waals surface area contributed by atoms with Gasteiger partial charge in [-0.25, -0.2) is 4.98 Å². The first-order chi connectivity index (χ1) is 9.18. The molecule has 0 bridgehead atoms. The number of sulfonamides is 1. The summed E-state index contributed by atoms with van der Waals surface area (Å²) < 4.78 is 64.9. The number of alkyl halides is 3. The molecule has 1 aromatic heterocycles. The van der Waals surface area contributed by atoms with Crippen LogP contribution >= 0.6 is 0 Å². The molecule has 0 radical (unpaired) electrons. The fourth-order valence-corrected chi connectivity index (χ4v) is 2.53. The van der Waals surface area contributed by atoms with Gasteiger partial charge in [-0.05, 0) is 18.2 Å². The van der Waals surface area contributed by atoms with E-state index in [4.69, 9.17) is 0 Å². The van der Waals surface area contributed by atoms with Gasteiger partial charge in [-0.3, -0.25) is 4.72 Å². The Labute approximate surface area is 113 Å². The lowest BCUT2D eigenvalue weighted by atomic mass is 10.2. The zero-order chi connectivity index (χ0) is 15.0. The second kappa shape index (κ2) is 4.82. The van der Waals surface area contributed by atoms with Crippen LogP contribution in [0.4, 0.5) is 18.9 Å². The Bertz CT molecular complexity index is 723. The maximum absolute atomic E-state index is 12.5. The minimum Gasteiger partial charge on any atom is -0.339 e. The van der Waals surface area contributed by atoms with Crippen molar-refractivity contribution in [3.05, 3.63) is 42.4 Å². The van der Waals surface area contributed by atoms with Gasteiger partial charge in [0.15, 0.2) is 5.03 Å². The lowest BCUT2D eigenvalue weighted by molar-refractivity contribution is -0.137. The van der Waals surface area contributed by atoms with Gasteiger partial charge in [0.25, 0.3) is 10.0 Å². The maximum Gasteiger partial charge on any atom is 0.416 e. The number of aromatic nitrogens is 2. The Morgan fingerprint density at radius 3 is 2.55 bits per heavy atom. The van der Waals surface area contributed by atoms with Crippen molar-refractivity contribution in [2.24, 2.45) is 7.05 Å². The zero-order valence-corrected chi connectivity index (χ0v) is 11.0. The highest BCUT2D eigenvalue weighted by Gasteiger charge is 2.30. The molecule has 9 heteroatoms. The van der Waals surface area contributed by atoms with Crippen LogP contribution in [0.25, 0.3) is 0 Å². The summed E-state index contributed by atoms with van der Waals surface area (Å²) in [5.41, 5.74) is -1.11. The lowest BCUT2D eigenvalue weighted by Gasteiger charge is -2.10. The van der Waals surface area contributed by atoms with E-state index in [1.54, 1.807) is 7.05 Å². The Kier molecular flexibility index (Phi) is 3.46. The van der Waals surface area contributed by atoms with Crippen LogP contribution in [-0.4, -0.2) is 18.0 Å². The largest absolute Gasteiger partial charge is 0.416 e. The quantitative estimate of drug-likeness (QED) is 0.946. The molecule has 0 atom stereocenters. The van der Waals surface area contributed by atoms with Gasteiger partial charge in [0.2, 0.25) is 0 Å². The minimum atomic E-state index is -4.54. The van der Waals surface area contributed by atoms with Gasteiger partial charge in [0, 0.05) is 18.9 Å². The summed E-state index contributed by atoms with van der Waals surface area (Å²) in [7, 11) is -2.42. The van der Waals surface area contributed by atoms with Gasteiger partial charge >= 0.3 is 6.18 Å². The number of nitrogens with one attached hydrogen (secondary N) is 1. The molecule has 0 saturated heterocycles. The molecular weight excluding hydrogens is 295 g/mol. The molecule has 2 aromatic rings. The molecule has 2 rings (SSSR count). The van der Waals surface area contributed by atoms with Crippen LogP contribution < -0.4 is 4.72 Å². The zero-order valence-electron chi connectivity index (χ0n) is 10.2. The Hall–Kier alpha value is -2.03. The fourth-order valence-electron chi connectivity index (χ4n) is 1.49. The standard InChI is InChI=1S/C11H10F3N3O2S/c1-17-6-10(15-7-17)20(18,19)16-9-4-2-3-8(5-9)11(12,13)14/h2-7,16H,1H3. The van der Waals surface area contributed by atoms with Crippen LogP contribution in [0.1, 0.15) is 5.56 Å². The van der Waals surface area contributed by atoms with Gasteiger partial charge in [-0.1, -0.05) is 6.07 Å². The number of anilines is 1. The highest BCUT2D eigenvalue weighted by molar-refractivity contribution is 7.92. The lowest BCUT2D eigenvalue weighted by Crippen LogP contribution is -2.14. The van der Waals surface area contributed by atoms with Gasteiger partial charge in [-0.2, -0.15) is 21.6 Å². The number of halogens is 3. The van der Waals surface area contributed by atoms with Crippen molar-refractivity contribution in [3.63, 3.8) is 0 Å². The molecule has 0 saturated carbocycles. The number of benzene rings is 1. The van der Waals surface area contributed by atoms with Crippen LogP contribution in [0, 0.1) is 0 Å². The Morgan fingerprint density at radius 1 is 1.30 bits per heavy atom. The highest BCUT2D eigenvalue weighted by atomic mass is 32.2. The summed E-state index contributed by atoms with van der Waals surface area (Å²) in [6.07, 6.45) is -2.01. The van der Waals surface area contributed by atoms with Gasteiger partial charge in [0.1, 0.15) is 0 Å². The first kappa shape index (κ1) is 14.4. The molecule has 108 valence electrons. The molecule has 1 aromatic carbocycles. The van der Waals surface area contributed by atoms with Gasteiger partial charge in [0.05, 0.1) is 11.9 Å². The van der Waals surface area contributed by atoms with Crippen molar-refractivity contribution in [1.29, 1.82) is 0 Å². The molecule has 1 N–H and O–H groups in total.